The van der Waals surface area contributed by atoms with E-state index in [9.17, 15) is 9.18 Å². The number of nitrogens with one attached hydrogen (secondary N) is 1. The maximum Gasteiger partial charge on any atom is 0.242 e. The number of carbonyl (C=O) groups excluding carboxylic acids is 1. The number of benzene rings is 1. The van der Waals surface area contributed by atoms with Crippen LogP contribution >= 0.6 is 0 Å². The van der Waals surface area contributed by atoms with E-state index < -0.39 is 0 Å². The van der Waals surface area contributed by atoms with Gasteiger partial charge in [-0.1, -0.05) is 12.1 Å². The Bertz CT molecular complexity index is 508. The molecule has 4 nitrogen and oxygen atoms in total. The van der Waals surface area contributed by atoms with Gasteiger partial charge in [0.05, 0.1) is 6.04 Å². The van der Waals surface area contributed by atoms with Crippen molar-refractivity contribution < 1.29 is 9.18 Å². The van der Waals surface area contributed by atoms with Gasteiger partial charge in [0, 0.05) is 12.4 Å². The van der Waals surface area contributed by atoms with Crippen molar-refractivity contribution in [2.45, 2.75) is 19.5 Å². The van der Waals surface area contributed by atoms with Crippen molar-refractivity contribution in [1.29, 1.82) is 0 Å². The second-order valence-electron chi connectivity index (χ2n) is 4.04. The molecule has 1 heterocycles. The quantitative estimate of drug-likeness (QED) is 0.897. The van der Waals surface area contributed by atoms with E-state index in [4.69, 9.17) is 0 Å². The van der Waals surface area contributed by atoms with Gasteiger partial charge in [0.1, 0.15) is 12.4 Å². The van der Waals surface area contributed by atoms with Crippen LogP contribution in [0.1, 0.15) is 18.5 Å². The number of nitrogens with zero attached hydrogens (tertiary/aromatic N) is 2. The Morgan fingerprint density at radius 1 is 1.44 bits per heavy atom. The van der Waals surface area contributed by atoms with Gasteiger partial charge in [-0.05, 0) is 30.7 Å². The van der Waals surface area contributed by atoms with Crippen molar-refractivity contribution in [1.82, 2.24) is 15.1 Å². The predicted octanol–water partition coefficient (Wildman–Crippen LogP) is 1.90. The number of hydrogen-bond donors (Lipinski definition) is 1. The lowest BCUT2D eigenvalue weighted by Crippen LogP contribution is -2.30. The van der Waals surface area contributed by atoms with Crippen LogP contribution in [-0.4, -0.2) is 15.7 Å². The molecule has 0 aliphatic rings. The molecule has 0 saturated carbocycles. The second-order valence-corrected chi connectivity index (χ2v) is 4.04. The van der Waals surface area contributed by atoms with Crippen molar-refractivity contribution in [3.05, 3.63) is 54.1 Å². The summed E-state index contributed by atoms with van der Waals surface area (Å²) in [7, 11) is 0. The maximum atomic E-state index is 12.8. The highest BCUT2D eigenvalue weighted by Crippen LogP contribution is 2.12. The summed E-state index contributed by atoms with van der Waals surface area (Å²) < 4.78 is 14.3. The summed E-state index contributed by atoms with van der Waals surface area (Å²) in [4.78, 5) is 11.7. The maximum absolute atomic E-state index is 12.8. The molecule has 0 radical (unpaired) electrons. The molecule has 1 amide bonds. The first-order valence-electron chi connectivity index (χ1n) is 5.67. The minimum atomic E-state index is -0.284. The van der Waals surface area contributed by atoms with Crippen molar-refractivity contribution in [2.24, 2.45) is 0 Å². The SMILES string of the molecule is CC(NC(=O)Cn1cccn1)c1ccc(F)cc1. The fourth-order valence-corrected chi connectivity index (χ4v) is 1.66. The minimum absolute atomic E-state index is 0.129. The molecule has 1 atom stereocenters. The van der Waals surface area contributed by atoms with Crippen molar-refractivity contribution in [3.63, 3.8) is 0 Å². The molecule has 5 heteroatoms. The van der Waals surface area contributed by atoms with Gasteiger partial charge in [0.25, 0.3) is 0 Å². The Kier molecular flexibility index (Phi) is 3.72. The number of hydrogen-bond acceptors (Lipinski definition) is 2. The van der Waals surface area contributed by atoms with Gasteiger partial charge in [-0.2, -0.15) is 5.10 Å². The minimum Gasteiger partial charge on any atom is -0.348 e. The summed E-state index contributed by atoms with van der Waals surface area (Å²) in [5, 5.41) is 6.79. The predicted molar refractivity (Wildman–Crippen MR) is 65.2 cm³/mol. The lowest BCUT2D eigenvalue weighted by Gasteiger charge is -2.14. The van der Waals surface area contributed by atoms with Gasteiger partial charge in [-0.25, -0.2) is 4.39 Å². The summed E-state index contributed by atoms with van der Waals surface area (Å²) in [5.74, 6) is -0.413. The van der Waals surface area contributed by atoms with E-state index in [0.29, 0.717) is 0 Å². The Balaban J connectivity index is 1.92. The van der Waals surface area contributed by atoms with Crippen LogP contribution in [0.15, 0.2) is 42.7 Å². The molecular formula is C13H14FN3O. The van der Waals surface area contributed by atoms with E-state index in [1.165, 1.54) is 12.1 Å². The van der Waals surface area contributed by atoms with E-state index >= 15 is 0 Å². The first-order valence-corrected chi connectivity index (χ1v) is 5.67. The Morgan fingerprint density at radius 2 is 2.17 bits per heavy atom. The zero-order valence-electron chi connectivity index (χ0n) is 10.0. The molecule has 1 aromatic heterocycles. The normalized spacial score (nSPS) is 12.1. The second kappa shape index (κ2) is 5.44. The number of amides is 1. The molecule has 1 N–H and O–H groups in total. The Labute approximate surface area is 104 Å². The number of halogens is 1. The van der Waals surface area contributed by atoms with Crippen LogP contribution in [0.5, 0.6) is 0 Å². The summed E-state index contributed by atoms with van der Waals surface area (Å²) in [5.41, 5.74) is 0.866. The van der Waals surface area contributed by atoms with Crippen molar-refractivity contribution in [3.8, 4) is 0 Å². The molecule has 18 heavy (non-hydrogen) atoms. The number of aromatic nitrogens is 2. The highest BCUT2D eigenvalue weighted by atomic mass is 19.1. The van der Waals surface area contributed by atoms with E-state index in [0.717, 1.165) is 5.56 Å². The summed E-state index contributed by atoms with van der Waals surface area (Å²) >= 11 is 0. The highest BCUT2D eigenvalue weighted by Gasteiger charge is 2.09. The molecule has 0 saturated heterocycles. The standard InChI is InChI=1S/C13H14FN3O/c1-10(11-3-5-12(14)6-4-11)16-13(18)9-17-8-2-7-15-17/h2-8,10H,9H2,1H3,(H,16,18). The van der Waals surface area contributed by atoms with E-state index in [-0.39, 0.29) is 24.3 Å². The smallest absolute Gasteiger partial charge is 0.242 e. The van der Waals surface area contributed by atoms with Crippen LogP contribution in [0, 0.1) is 5.82 Å². The molecule has 0 aliphatic carbocycles. The van der Waals surface area contributed by atoms with Gasteiger partial charge in [-0.15, -0.1) is 0 Å². The third-order valence-corrected chi connectivity index (χ3v) is 2.61. The molecular weight excluding hydrogens is 233 g/mol. The molecule has 94 valence electrons. The third kappa shape index (κ3) is 3.16. The van der Waals surface area contributed by atoms with E-state index in [2.05, 4.69) is 10.4 Å². The number of carbonyl (C=O) groups is 1. The molecule has 0 spiro atoms. The number of rotatable bonds is 4. The molecule has 1 aromatic carbocycles. The first kappa shape index (κ1) is 12.3. The topological polar surface area (TPSA) is 46.9 Å². The summed E-state index contributed by atoms with van der Waals surface area (Å²) in [6.45, 7) is 2.03. The van der Waals surface area contributed by atoms with Crippen LogP contribution in [0.4, 0.5) is 4.39 Å². The Morgan fingerprint density at radius 3 is 2.78 bits per heavy atom. The lowest BCUT2D eigenvalue weighted by molar-refractivity contribution is -0.122. The average molecular weight is 247 g/mol. The fourth-order valence-electron chi connectivity index (χ4n) is 1.66. The molecule has 0 aliphatic heterocycles. The van der Waals surface area contributed by atoms with Crippen LogP contribution in [0.2, 0.25) is 0 Å². The molecule has 2 aromatic rings. The molecule has 0 fully saturated rings. The lowest BCUT2D eigenvalue weighted by atomic mass is 10.1. The molecule has 1 unspecified atom stereocenters. The van der Waals surface area contributed by atoms with Gasteiger partial charge in [-0.3, -0.25) is 9.48 Å². The Hall–Kier alpha value is -2.17. The summed E-state index contributed by atoms with van der Waals surface area (Å²) in [6, 6.07) is 7.68. The molecule has 0 bridgehead atoms. The van der Waals surface area contributed by atoms with Crippen LogP contribution < -0.4 is 5.32 Å². The van der Waals surface area contributed by atoms with Gasteiger partial charge < -0.3 is 5.32 Å². The van der Waals surface area contributed by atoms with Crippen molar-refractivity contribution >= 4 is 5.91 Å². The zero-order chi connectivity index (χ0) is 13.0. The van der Waals surface area contributed by atoms with E-state index in [1.807, 2.05) is 6.92 Å². The van der Waals surface area contributed by atoms with Crippen LogP contribution in [0.25, 0.3) is 0 Å². The third-order valence-electron chi connectivity index (χ3n) is 2.61. The van der Waals surface area contributed by atoms with Crippen LogP contribution in [-0.2, 0) is 11.3 Å². The van der Waals surface area contributed by atoms with E-state index in [1.54, 1.807) is 35.3 Å². The largest absolute Gasteiger partial charge is 0.348 e. The average Bonchev–Trinajstić information content (AvgIpc) is 2.82. The zero-order valence-corrected chi connectivity index (χ0v) is 10.0. The van der Waals surface area contributed by atoms with Crippen molar-refractivity contribution in [2.75, 3.05) is 0 Å². The van der Waals surface area contributed by atoms with Crippen LogP contribution in [0.3, 0.4) is 0 Å². The van der Waals surface area contributed by atoms with Gasteiger partial charge in [0.15, 0.2) is 0 Å². The molecule has 2 rings (SSSR count). The highest BCUT2D eigenvalue weighted by molar-refractivity contribution is 5.76. The monoisotopic (exact) mass is 247 g/mol. The van der Waals surface area contributed by atoms with Gasteiger partial charge >= 0.3 is 0 Å². The summed E-state index contributed by atoms with van der Waals surface area (Å²) in [6.07, 6.45) is 3.35. The first-order chi connectivity index (χ1) is 8.65. The fraction of sp³-hybridized carbons (Fsp3) is 0.231. The van der Waals surface area contributed by atoms with Gasteiger partial charge in [0.2, 0.25) is 5.91 Å².